The van der Waals surface area contributed by atoms with Crippen LogP contribution in [0.25, 0.3) is 5.52 Å². The number of hydrogen-bond acceptors (Lipinski definition) is 4. The molecule has 1 unspecified atom stereocenters. The summed E-state index contributed by atoms with van der Waals surface area (Å²) in [5.41, 5.74) is 6.66. The van der Waals surface area contributed by atoms with Gasteiger partial charge in [-0.1, -0.05) is 0 Å². The number of benzene rings is 1. The van der Waals surface area contributed by atoms with E-state index in [1.165, 1.54) is 27.9 Å². The third-order valence-corrected chi connectivity index (χ3v) is 4.81. The minimum atomic E-state index is -3.00. The average molecular weight is 385 g/mol. The lowest BCUT2D eigenvalue weighted by Crippen LogP contribution is -2.26. The maximum absolute atomic E-state index is 14.3. The Hall–Kier alpha value is -3.54. The van der Waals surface area contributed by atoms with E-state index in [1.807, 2.05) is 6.07 Å². The van der Waals surface area contributed by atoms with Gasteiger partial charge in [-0.15, -0.1) is 0 Å². The van der Waals surface area contributed by atoms with E-state index in [-0.39, 0.29) is 16.7 Å². The van der Waals surface area contributed by atoms with Crippen molar-refractivity contribution < 1.29 is 18.0 Å². The van der Waals surface area contributed by atoms with Gasteiger partial charge in [0.1, 0.15) is 5.82 Å². The molecule has 9 heteroatoms. The number of pyridine rings is 1. The Morgan fingerprint density at radius 1 is 1.32 bits per heavy atom. The van der Waals surface area contributed by atoms with Crippen LogP contribution in [-0.2, 0) is 0 Å². The first kappa shape index (κ1) is 17.9. The molecule has 1 aliphatic heterocycles. The first-order valence-corrected chi connectivity index (χ1v) is 8.40. The Bertz CT molecular complexity index is 1130. The second kappa shape index (κ2) is 6.27. The van der Waals surface area contributed by atoms with Gasteiger partial charge >= 0.3 is 0 Å². The summed E-state index contributed by atoms with van der Waals surface area (Å²) < 4.78 is 43.8. The Balaban J connectivity index is 1.82. The smallest absolute Gasteiger partial charge is 0.267 e. The third-order valence-electron chi connectivity index (χ3n) is 4.81. The molecule has 1 amide bonds. The lowest BCUT2D eigenvalue weighted by atomic mass is 10.0. The summed E-state index contributed by atoms with van der Waals surface area (Å²) in [6.07, 6.45) is 2.33. The zero-order valence-electron chi connectivity index (χ0n) is 14.4. The van der Waals surface area contributed by atoms with Gasteiger partial charge < -0.3 is 10.6 Å². The van der Waals surface area contributed by atoms with Gasteiger partial charge in [-0.2, -0.15) is 10.4 Å². The molecule has 0 spiro atoms. The highest BCUT2D eigenvalue weighted by molar-refractivity contribution is 5.99. The molecule has 6 nitrogen and oxygen atoms in total. The van der Waals surface area contributed by atoms with E-state index in [2.05, 4.69) is 5.10 Å². The third kappa shape index (κ3) is 3.03. The molecule has 4 rings (SSSR count). The minimum absolute atomic E-state index is 0.0624. The fraction of sp³-hybridized carbons (Fsp3) is 0.211. The van der Waals surface area contributed by atoms with Crippen LogP contribution < -0.4 is 10.6 Å². The van der Waals surface area contributed by atoms with Crippen molar-refractivity contribution in [2.45, 2.75) is 18.4 Å². The van der Waals surface area contributed by atoms with Crippen molar-refractivity contribution >= 4 is 17.1 Å². The predicted octanol–water partition coefficient (Wildman–Crippen LogP) is 3.03. The zero-order valence-corrected chi connectivity index (χ0v) is 14.4. The number of fused-ring (bicyclic) bond motifs is 1. The normalized spacial score (nSPS) is 18.4. The van der Waals surface area contributed by atoms with E-state index in [0.29, 0.717) is 11.2 Å². The van der Waals surface area contributed by atoms with Crippen LogP contribution >= 0.6 is 0 Å². The predicted molar refractivity (Wildman–Crippen MR) is 94.5 cm³/mol. The van der Waals surface area contributed by atoms with Crippen LogP contribution in [0.15, 0.2) is 42.7 Å². The van der Waals surface area contributed by atoms with E-state index in [4.69, 9.17) is 11.0 Å². The molecule has 28 heavy (non-hydrogen) atoms. The monoisotopic (exact) mass is 385 g/mol. The lowest BCUT2D eigenvalue weighted by molar-refractivity contribution is 0.0223. The molecule has 0 aliphatic carbocycles. The van der Waals surface area contributed by atoms with Gasteiger partial charge in [0.15, 0.2) is 0 Å². The Morgan fingerprint density at radius 2 is 2.11 bits per heavy atom. The molecular formula is C19H14F3N5O. The number of amides is 1. The van der Waals surface area contributed by atoms with Gasteiger partial charge in [0.2, 0.25) is 0 Å². The van der Waals surface area contributed by atoms with Crippen molar-refractivity contribution in [3.8, 4) is 6.07 Å². The van der Waals surface area contributed by atoms with Crippen LogP contribution in [0, 0.1) is 17.1 Å². The van der Waals surface area contributed by atoms with Gasteiger partial charge in [-0.25, -0.2) is 17.7 Å². The van der Waals surface area contributed by atoms with Crippen molar-refractivity contribution in [1.82, 2.24) is 9.61 Å². The van der Waals surface area contributed by atoms with Gasteiger partial charge in [0.25, 0.3) is 11.8 Å². The van der Waals surface area contributed by atoms with Crippen LogP contribution in [0.1, 0.15) is 33.9 Å². The first-order chi connectivity index (χ1) is 13.3. The number of alkyl halides is 2. The number of carbonyl (C=O) groups excluding carboxylic acids is 1. The Labute approximate surface area is 157 Å². The molecule has 3 heterocycles. The van der Waals surface area contributed by atoms with Crippen LogP contribution in [0.2, 0.25) is 0 Å². The molecule has 0 bridgehead atoms. The number of nitrogens with two attached hydrogens (primary N) is 1. The highest BCUT2D eigenvalue weighted by Crippen LogP contribution is 2.44. The van der Waals surface area contributed by atoms with E-state index in [9.17, 15) is 18.0 Å². The fourth-order valence-electron chi connectivity index (χ4n) is 3.59. The van der Waals surface area contributed by atoms with Gasteiger partial charge in [0, 0.05) is 18.3 Å². The largest absolute Gasteiger partial charge is 0.365 e. The second-order valence-corrected chi connectivity index (χ2v) is 6.73. The van der Waals surface area contributed by atoms with Crippen molar-refractivity contribution in [1.29, 1.82) is 5.26 Å². The molecule has 2 aromatic heterocycles. The number of nitrogens with zero attached hydrogens (tertiary/aromatic N) is 4. The van der Waals surface area contributed by atoms with Crippen LogP contribution in [0.3, 0.4) is 0 Å². The molecule has 142 valence electrons. The first-order valence-electron chi connectivity index (χ1n) is 8.40. The van der Waals surface area contributed by atoms with E-state index in [1.54, 1.807) is 12.1 Å². The number of primary amides is 1. The Kier molecular flexibility index (Phi) is 4.00. The molecule has 0 saturated carbocycles. The Morgan fingerprint density at radius 3 is 2.82 bits per heavy atom. The SMILES string of the molecule is N#Cc1cc(F)cc(C2CC(F)(F)CN2c2ccn3ncc(C(N)=O)c3c2)c1. The number of anilines is 1. The molecule has 1 aliphatic rings. The topological polar surface area (TPSA) is 87.4 Å². The number of rotatable bonds is 3. The number of halogens is 3. The molecule has 1 atom stereocenters. The number of hydrogen-bond donors (Lipinski definition) is 1. The van der Waals surface area contributed by atoms with Gasteiger partial charge in [-0.3, -0.25) is 4.79 Å². The fourth-order valence-corrected chi connectivity index (χ4v) is 3.59. The van der Waals surface area contributed by atoms with E-state index < -0.39 is 36.7 Å². The minimum Gasteiger partial charge on any atom is -0.365 e. The van der Waals surface area contributed by atoms with Crippen molar-refractivity contribution in [3.63, 3.8) is 0 Å². The highest BCUT2D eigenvalue weighted by Gasteiger charge is 2.46. The van der Waals surface area contributed by atoms with Crippen LogP contribution in [0.4, 0.5) is 18.9 Å². The number of carbonyl (C=O) groups is 1. The van der Waals surface area contributed by atoms with Crippen molar-refractivity contribution in [3.05, 3.63) is 65.2 Å². The summed E-state index contributed by atoms with van der Waals surface area (Å²) in [5.74, 6) is -4.34. The summed E-state index contributed by atoms with van der Waals surface area (Å²) >= 11 is 0. The molecular weight excluding hydrogens is 371 g/mol. The zero-order chi connectivity index (χ0) is 20.1. The van der Waals surface area contributed by atoms with Gasteiger partial charge in [0.05, 0.1) is 41.5 Å². The summed E-state index contributed by atoms with van der Waals surface area (Å²) in [7, 11) is 0. The van der Waals surface area contributed by atoms with E-state index >= 15 is 0 Å². The molecule has 2 N–H and O–H groups in total. The summed E-state index contributed by atoms with van der Waals surface area (Å²) in [4.78, 5) is 13.0. The summed E-state index contributed by atoms with van der Waals surface area (Å²) in [6.45, 7) is -0.577. The number of aromatic nitrogens is 2. The lowest BCUT2D eigenvalue weighted by Gasteiger charge is -2.26. The maximum atomic E-state index is 14.3. The molecule has 1 saturated heterocycles. The highest BCUT2D eigenvalue weighted by atomic mass is 19.3. The second-order valence-electron chi connectivity index (χ2n) is 6.73. The summed E-state index contributed by atoms with van der Waals surface area (Å²) in [6, 6.07) is 7.76. The molecule has 1 fully saturated rings. The quantitative estimate of drug-likeness (QED) is 0.751. The van der Waals surface area contributed by atoms with E-state index in [0.717, 1.165) is 12.1 Å². The molecule has 3 aromatic rings. The van der Waals surface area contributed by atoms with Crippen molar-refractivity contribution in [2.75, 3.05) is 11.4 Å². The van der Waals surface area contributed by atoms with Crippen molar-refractivity contribution in [2.24, 2.45) is 5.73 Å². The average Bonchev–Trinajstić information content (AvgIpc) is 3.21. The molecule has 0 radical (unpaired) electrons. The van der Waals surface area contributed by atoms with Crippen LogP contribution in [-0.4, -0.2) is 28.0 Å². The summed E-state index contributed by atoms with van der Waals surface area (Å²) in [5, 5.41) is 13.1. The van der Waals surface area contributed by atoms with Crippen LogP contribution in [0.5, 0.6) is 0 Å². The number of nitriles is 1. The standard InChI is InChI=1S/C19H14F3N5O/c20-13-4-11(8-23)3-12(5-13)17-7-19(21,22)10-26(17)14-1-2-27-16(6-14)15(9-25-27)18(24)28/h1-6,9,17H,7,10H2,(H2,24,28). The molecule has 1 aromatic carbocycles. The maximum Gasteiger partial charge on any atom is 0.267 e. The van der Waals surface area contributed by atoms with Gasteiger partial charge in [-0.05, 0) is 35.9 Å².